The van der Waals surface area contributed by atoms with Gasteiger partial charge in [-0.1, -0.05) is 23.5 Å². The standard InChI is InChI=1S/C19H16F3N3O2S2/c1-10-16-12(8-14(28-16)17(26)24-27)6-7-25(10)18-23-9-15(29-18)11-2-4-13(5-3-11)19(20,21)22/h2-5,8-10,27H,6-7H2,1H3,(H,24,26). The first kappa shape index (κ1) is 19.9. The van der Waals surface area contributed by atoms with E-state index in [0.29, 0.717) is 17.0 Å². The van der Waals surface area contributed by atoms with Gasteiger partial charge in [-0.05, 0) is 42.7 Å². The molecule has 1 unspecified atom stereocenters. The van der Waals surface area contributed by atoms with E-state index < -0.39 is 17.6 Å². The van der Waals surface area contributed by atoms with Crippen molar-refractivity contribution in [1.82, 2.24) is 10.5 Å². The maximum atomic E-state index is 12.8. The summed E-state index contributed by atoms with van der Waals surface area (Å²) < 4.78 is 38.3. The number of thiophene rings is 1. The molecule has 0 bridgehead atoms. The fourth-order valence-electron chi connectivity index (χ4n) is 3.35. The molecule has 0 aliphatic carbocycles. The van der Waals surface area contributed by atoms with E-state index in [0.717, 1.165) is 39.0 Å². The van der Waals surface area contributed by atoms with Gasteiger partial charge in [-0.15, -0.1) is 11.3 Å². The number of aromatic nitrogens is 1. The molecule has 1 aromatic carbocycles. The lowest BCUT2D eigenvalue weighted by atomic mass is 10.0. The SMILES string of the molecule is CC1c2sc(C(=O)NO)cc2CCN1c1ncc(-c2ccc(C(F)(F)F)cc2)s1. The molecule has 2 aromatic heterocycles. The maximum Gasteiger partial charge on any atom is 0.416 e. The first-order chi connectivity index (χ1) is 13.8. The van der Waals surface area contributed by atoms with Crippen molar-refractivity contribution >= 4 is 33.7 Å². The smallest absolute Gasteiger partial charge is 0.340 e. The Morgan fingerprint density at radius 1 is 1.28 bits per heavy atom. The van der Waals surface area contributed by atoms with Crippen molar-refractivity contribution < 1.29 is 23.2 Å². The number of alkyl halides is 3. The van der Waals surface area contributed by atoms with E-state index in [1.54, 1.807) is 17.7 Å². The number of hydrogen-bond acceptors (Lipinski definition) is 6. The van der Waals surface area contributed by atoms with Crippen LogP contribution < -0.4 is 10.4 Å². The van der Waals surface area contributed by atoms with Gasteiger partial charge in [0.15, 0.2) is 5.13 Å². The lowest BCUT2D eigenvalue weighted by Crippen LogP contribution is -2.32. The van der Waals surface area contributed by atoms with Crippen molar-refractivity contribution in [3.8, 4) is 10.4 Å². The average molecular weight is 439 g/mol. The Morgan fingerprint density at radius 2 is 2.00 bits per heavy atom. The molecule has 0 saturated heterocycles. The highest BCUT2D eigenvalue weighted by atomic mass is 32.1. The zero-order valence-corrected chi connectivity index (χ0v) is 16.8. The van der Waals surface area contributed by atoms with Crippen LogP contribution in [0.5, 0.6) is 0 Å². The normalized spacial score (nSPS) is 16.6. The van der Waals surface area contributed by atoms with Crippen molar-refractivity contribution in [2.45, 2.75) is 25.6 Å². The minimum Gasteiger partial charge on any atom is -0.340 e. The molecule has 152 valence electrons. The Morgan fingerprint density at radius 3 is 2.66 bits per heavy atom. The molecule has 2 N–H and O–H groups in total. The Labute approximate surface area is 172 Å². The van der Waals surface area contributed by atoms with E-state index in [1.807, 2.05) is 6.92 Å². The van der Waals surface area contributed by atoms with Crippen LogP contribution in [0.1, 0.15) is 38.6 Å². The number of thiazole rings is 1. The summed E-state index contributed by atoms with van der Waals surface area (Å²) in [7, 11) is 0. The lowest BCUT2D eigenvalue weighted by molar-refractivity contribution is -0.137. The van der Waals surface area contributed by atoms with Crippen molar-refractivity contribution in [1.29, 1.82) is 0 Å². The first-order valence-corrected chi connectivity index (χ1v) is 10.4. The van der Waals surface area contributed by atoms with Crippen LogP contribution in [-0.4, -0.2) is 22.6 Å². The van der Waals surface area contributed by atoms with E-state index in [-0.39, 0.29) is 6.04 Å². The maximum absolute atomic E-state index is 12.8. The van der Waals surface area contributed by atoms with Gasteiger partial charge in [0.05, 0.1) is 21.4 Å². The second-order valence-corrected chi connectivity index (χ2v) is 8.74. The number of hydroxylamine groups is 1. The highest BCUT2D eigenvalue weighted by molar-refractivity contribution is 7.19. The highest BCUT2D eigenvalue weighted by Gasteiger charge is 2.31. The van der Waals surface area contributed by atoms with Crippen LogP contribution in [-0.2, 0) is 12.6 Å². The molecule has 29 heavy (non-hydrogen) atoms. The number of nitrogens with one attached hydrogen (secondary N) is 1. The fraction of sp³-hybridized carbons (Fsp3) is 0.263. The van der Waals surface area contributed by atoms with E-state index in [4.69, 9.17) is 5.21 Å². The molecule has 3 aromatic rings. The molecule has 1 aliphatic heterocycles. The summed E-state index contributed by atoms with van der Waals surface area (Å²) in [5.74, 6) is -0.526. The van der Waals surface area contributed by atoms with Gasteiger partial charge in [0.1, 0.15) is 0 Å². The third-order valence-corrected chi connectivity index (χ3v) is 7.30. The van der Waals surface area contributed by atoms with Crippen LogP contribution in [0, 0.1) is 0 Å². The number of benzene rings is 1. The average Bonchev–Trinajstić information content (AvgIpc) is 3.35. The summed E-state index contributed by atoms with van der Waals surface area (Å²) in [4.78, 5) is 20.6. The van der Waals surface area contributed by atoms with Crippen molar-refractivity contribution in [2.75, 3.05) is 11.4 Å². The summed E-state index contributed by atoms with van der Waals surface area (Å²) in [6.07, 6.45) is -1.95. The van der Waals surface area contributed by atoms with E-state index in [9.17, 15) is 18.0 Å². The molecule has 1 amide bonds. The molecule has 5 nitrogen and oxygen atoms in total. The van der Waals surface area contributed by atoms with Gasteiger partial charge in [0, 0.05) is 17.6 Å². The molecule has 1 atom stereocenters. The van der Waals surface area contributed by atoms with Crippen LogP contribution in [0.4, 0.5) is 18.3 Å². The highest BCUT2D eigenvalue weighted by Crippen LogP contribution is 2.41. The van der Waals surface area contributed by atoms with Gasteiger partial charge >= 0.3 is 6.18 Å². The Balaban J connectivity index is 1.57. The quantitative estimate of drug-likeness (QED) is 0.439. The number of hydrogen-bond donors (Lipinski definition) is 2. The van der Waals surface area contributed by atoms with Crippen molar-refractivity contribution in [3.63, 3.8) is 0 Å². The molecular weight excluding hydrogens is 423 g/mol. The second-order valence-electron chi connectivity index (χ2n) is 6.64. The van der Waals surface area contributed by atoms with Crippen LogP contribution >= 0.6 is 22.7 Å². The summed E-state index contributed by atoms with van der Waals surface area (Å²) >= 11 is 2.76. The summed E-state index contributed by atoms with van der Waals surface area (Å²) in [5, 5.41) is 9.62. The molecule has 1 aliphatic rings. The van der Waals surface area contributed by atoms with Gasteiger partial charge in [-0.3, -0.25) is 10.0 Å². The predicted octanol–water partition coefficient (Wildman–Crippen LogP) is 5.13. The molecule has 0 fully saturated rings. The Kier molecular flexibility index (Phi) is 5.09. The number of amides is 1. The number of fused-ring (bicyclic) bond motifs is 1. The minimum atomic E-state index is -4.36. The molecule has 10 heteroatoms. The zero-order chi connectivity index (χ0) is 20.8. The molecule has 0 spiro atoms. The van der Waals surface area contributed by atoms with Crippen molar-refractivity contribution in [2.24, 2.45) is 0 Å². The predicted molar refractivity (Wildman–Crippen MR) is 106 cm³/mol. The van der Waals surface area contributed by atoms with Crippen LogP contribution in [0.3, 0.4) is 0 Å². The number of carbonyl (C=O) groups excluding carboxylic acids is 1. The first-order valence-electron chi connectivity index (χ1n) is 8.75. The third-order valence-electron chi connectivity index (χ3n) is 4.87. The molecule has 4 rings (SSSR count). The van der Waals surface area contributed by atoms with Crippen LogP contribution in [0.25, 0.3) is 10.4 Å². The fourth-order valence-corrected chi connectivity index (χ4v) is 5.55. The summed E-state index contributed by atoms with van der Waals surface area (Å²) in [5.41, 5.74) is 2.75. The van der Waals surface area contributed by atoms with E-state index in [2.05, 4.69) is 9.88 Å². The third kappa shape index (κ3) is 3.75. The van der Waals surface area contributed by atoms with Crippen molar-refractivity contribution in [3.05, 3.63) is 57.4 Å². The van der Waals surface area contributed by atoms with Gasteiger partial charge in [-0.2, -0.15) is 13.2 Å². The topological polar surface area (TPSA) is 65.5 Å². The molecular formula is C19H16F3N3O2S2. The Bertz CT molecular complexity index is 1040. The number of halogens is 3. The largest absolute Gasteiger partial charge is 0.416 e. The van der Waals surface area contributed by atoms with Gasteiger partial charge in [0.2, 0.25) is 0 Å². The summed E-state index contributed by atoms with van der Waals surface area (Å²) in [6, 6.07) is 6.85. The van der Waals surface area contributed by atoms with Crippen LogP contribution in [0.15, 0.2) is 36.5 Å². The van der Waals surface area contributed by atoms with Crippen LogP contribution in [0.2, 0.25) is 0 Å². The zero-order valence-electron chi connectivity index (χ0n) is 15.2. The summed E-state index contributed by atoms with van der Waals surface area (Å²) in [6.45, 7) is 2.74. The number of carbonyl (C=O) groups is 1. The number of nitrogens with zero attached hydrogens (tertiary/aromatic N) is 2. The van der Waals surface area contributed by atoms with Gasteiger partial charge in [-0.25, -0.2) is 10.5 Å². The van der Waals surface area contributed by atoms with E-state index >= 15 is 0 Å². The molecule has 0 radical (unpaired) electrons. The second kappa shape index (κ2) is 7.43. The Hall–Kier alpha value is -2.43. The monoisotopic (exact) mass is 439 g/mol. The molecule has 0 saturated carbocycles. The number of anilines is 1. The number of rotatable bonds is 3. The van der Waals surface area contributed by atoms with E-state index in [1.165, 1.54) is 34.8 Å². The van der Waals surface area contributed by atoms with Gasteiger partial charge in [0.25, 0.3) is 5.91 Å². The minimum absolute atomic E-state index is 0.00408. The molecule has 3 heterocycles. The van der Waals surface area contributed by atoms with Gasteiger partial charge < -0.3 is 4.90 Å². The lowest BCUT2D eigenvalue weighted by Gasteiger charge is -2.33.